The summed E-state index contributed by atoms with van der Waals surface area (Å²) in [5, 5.41) is 4.15. The second-order valence-electron chi connectivity index (χ2n) is 3.50. The Labute approximate surface area is 104 Å². The van der Waals surface area contributed by atoms with Crippen LogP contribution in [0.1, 0.15) is 10.4 Å². The van der Waals surface area contributed by atoms with Crippen molar-refractivity contribution >= 4 is 16.5 Å². The number of para-hydroxylation sites is 1. The van der Waals surface area contributed by atoms with Crippen LogP contribution in [0.3, 0.4) is 0 Å². The molecule has 1 heterocycles. The summed E-state index contributed by atoms with van der Waals surface area (Å²) in [5.74, 6) is 0.885. The Hall–Kier alpha value is -1.59. The van der Waals surface area contributed by atoms with Gasteiger partial charge in [0.05, 0.1) is 7.11 Å². The first-order valence-electron chi connectivity index (χ1n) is 5.34. The number of benzene rings is 1. The van der Waals surface area contributed by atoms with Crippen LogP contribution in [0.15, 0.2) is 30.5 Å². The Bertz CT molecular complexity index is 484. The molecule has 0 saturated heterocycles. The van der Waals surface area contributed by atoms with Crippen LogP contribution in [0, 0.1) is 0 Å². The molecule has 0 bridgehead atoms. The van der Waals surface area contributed by atoms with Crippen LogP contribution >= 0.6 is 11.3 Å². The molecule has 0 fully saturated rings. The molecule has 0 aliphatic rings. The van der Waals surface area contributed by atoms with Crippen LogP contribution in [0.4, 0.5) is 5.13 Å². The Balaban J connectivity index is 2.01. The van der Waals surface area contributed by atoms with E-state index in [1.54, 1.807) is 24.6 Å². The van der Waals surface area contributed by atoms with Crippen LogP contribution < -0.4 is 15.8 Å². The number of anilines is 1. The van der Waals surface area contributed by atoms with Gasteiger partial charge in [-0.2, -0.15) is 0 Å². The summed E-state index contributed by atoms with van der Waals surface area (Å²) in [6, 6.07) is 7.93. The predicted molar refractivity (Wildman–Crippen MR) is 70.3 cm³/mol. The molecule has 1 aromatic carbocycles. The number of nitrogens with zero attached hydrogens (tertiary/aromatic N) is 1. The third kappa shape index (κ3) is 2.95. The van der Waals surface area contributed by atoms with Gasteiger partial charge in [-0.25, -0.2) is 4.98 Å². The maximum atomic E-state index is 5.54. The molecule has 0 unspecified atom stereocenters. The van der Waals surface area contributed by atoms with Crippen molar-refractivity contribution in [1.82, 2.24) is 4.98 Å². The molecular formula is C12H15N3OS. The van der Waals surface area contributed by atoms with Crippen LogP contribution in [0.25, 0.3) is 0 Å². The highest BCUT2D eigenvalue weighted by molar-refractivity contribution is 7.15. The summed E-state index contributed by atoms with van der Waals surface area (Å²) in [5.41, 5.74) is 6.65. The minimum atomic E-state index is 0.536. The molecule has 0 saturated carbocycles. The van der Waals surface area contributed by atoms with E-state index >= 15 is 0 Å². The number of nitrogens with two attached hydrogens (primary N) is 1. The molecule has 0 radical (unpaired) electrons. The normalized spacial score (nSPS) is 10.2. The van der Waals surface area contributed by atoms with Crippen molar-refractivity contribution in [2.75, 3.05) is 12.4 Å². The minimum absolute atomic E-state index is 0.536. The fourth-order valence-electron chi connectivity index (χ4n) is 1.50. The highest BCUT2D eigenvalue weighted by Crippen LogP contribution is 2.21. The third-order valence-electron chi connectivity index (χ3n) is 2.38. The van der Waals surface area contributed by atoms with Gasteiger partial charge in [-0.1, -0.05) is 18.2 Å². The molecule has 0 spiro atoms. The Morgan fingerprint density at radius 3 is 2.94 bits per heavy atom. The molecule has 2 rings (SSSR count). The average Bonchev–Trinajstić information content (AvgIpc) is 2.84. The topological polar surface area (TPSA) is 60.2 Å². The third-order valence-corrected chi connectivity index (χ3v) is 3.35. The zero-order valence-electron chi connectivity index (χ0n) is 9.64. The van der Waals surface area contributed by atoms with Gasteiger partial charge in [-0.15, -0.1) is 11.3 Å². The second kappa shape index (κ2) is 5.65. The summed E-state index contributed by atoms with van der Waals surface area (Å²) in [6.07, 6.45) is 1.80. The van der Waals surface area contributed by atoms with Gasteiger partial charge in [0, 0.05) is 29.7 Å². The number of hydrogen-bond acceptors (Lipinski definition) is 5. The summed E-state index contributed by atoms with van der Waals surface area (Å²) in [6.45, 7) is 1.23. The maximum Gasteiger partial charge on any atom is 0.183 e. The van der Waals surface area contributed by atoms with Gasteiger partial charge in [0.1, 0.15) is 5.75 Å². The highest BCUT2D eigenvalue weighted by atomic mass is 32.1. The molecular weight excluding hydrogens is 234 g/mol. The van der Waals surface area contributed by atoms with Crippen molar-refractivity contribution in [2.45, 2.75) is 13.1 Å². The van der Waals surface area contributed by atoms with E-state index in [1.807, 2.05) is 24.3 Å². The Morgan fingerprint density at radius 2 is 2.24 bits per heavy atom. The van der Waals surface area contributed by atoms with Crippen LogP contribution in [-0.2, 0) is 13.1 Å². The monoisotopic (exact) mass is 249 g/mol. The quantitative estimate of drug-likeness (QED) is 0.853. The first-order valence-corrected chi connectivity index (χ1v) is 6.15. The van der Waals surface area contributed by atoms with E-state index < -0.39 is 0 Å². The fraction of sp³-hybridized carbons (Fsp3) is 0.250. The number of aromatic nitrogens is 1. The molecule has 5 heteroatoms. The van der Waals surface area contributed by atoms with Crippen LogP contribution in [0.5, 0.6) is 5.75 Å². The molecule has 17 heavy (non-hydrogen) atoms. The van der Waals surface area contributed by atoms with Crippen molar-refractivity contribution in [3.63, 3.8) is 0 Å². The van der Waals surface area contributed by atoms with Gasteiger partial charge < -0.3 is 15.8 Å². The van der Waals surface area contributed by atoms with E-state index in [0.29, 0.717) is 13.1 Å². The van der Waals surface area contributed by atoms with Crippen molar-refractivity contribution in [1.29, 1.82) is 0 Å². The Kier molecular flexibility index (Phi) is 3.95. The largest absolute Gasteiger partial charge is 0.496 e. The van der Waals surface area contributed by atoms with Crippen molar-refractivity contribution < 1.29 is 4.74 Å². The molecule has 0 aliphatic heterocycles. The van der Waals surface area contributed by atoms with E-state index in [1.165, 1.54) is 0 Å². The number of thiazole rings is 1. The average molecular weight is 249 g/mol. The molecule has 4 nitrogen and oxygen atoms in total. The van der Waals surface area contributed by atoms with E-state index in [9.17, 15) is 0 Å². The van der Waals surface area contributed by atoms with Crippen molar-refractivity contribution in [3.8, 4) is 5.75 Å². The van der Waals surface area contributed by atoms with E-state index in [2.05, 4.69) is 10.3 Å². The fourth-order valence-corrected chi connectivity index (χ4v) is 2.19. The van der Waals surface area contributed by atoms with Gasteiger partial charge in [-0.3, -0.25) is 0 Å². The first kappa shape index (κ1) is 11.9. The zero-order chi connectivity index (χ0) is 12.1. The maximum absolute atomic E-state index is 5.54. The molecule has 0 aliphatic carbocycles. The zero-order valence-corrected chi connectivity index (χ0v) is 10.5. The summed E-state index contributed by atoms with van der Waals surface area (Å²) in [4.78, 5) is 5.32. The number of ether oxygens (including phenoxy) is 1. The molecule has 3 N–H and O–H groups in total. The Morgan fingerprint density at radius 1 is 1.41 bits per heavy atom. The number of methoxy groups -OCH3 is 1. The standard InChI is InChI=1S/C12H15N3OS/c1-16-11-5-3-2-4-9(11)7-14-12-15-8-10(6-13)17-12/h2-5,8H,6-7,13H2,1H3,(H,14,15). The highest BCUT2D eigenvalue weighted by Gasteiger charge is 2.03. The lowest BCUT2D eigenvalue weighted by atomic mass is 10.2. The van der Waals surface area contributed by atoms with Crippen molar-refractivity contribution in [3.05, 3.63) is 40.9 Å². The lowest BCUT2D eigenvalue weighted by Crippen LogP contribution is -2.00. The lowest BCUT2D eigenvalue weighted by molar-refractivity contribution is 0.410. The van der Waals surface area contributed by atoms with Crippen LogP contribution in [-0.4, -0.2) is 12.1 Å². The molecule has 90 valence electrons. The van der Waals surface area contributed by atoms with Crippen molar-refractivity contribution in [2.24, 2.45) is 5.73 Å². The number of hydrogen-bond donors (Lipinski definition) is 2. The molecule has 0 amide bonds. The van der Waals surface area contributed by atoms with Gasteiger partial charge in [0.25, 0.3) is 0 Å². The summed E-state index contributed by atoms with van der Waals surface area (Å²) >= 11 is 1.58. The second-order valence-corrected chi connectivity index (χ2v) is 4.62. The number of rotatable bonds is 5. The summed E-state index contributed by atoms with van der Waals surface area (Å²) in [7, 11) is 1.68. The van der Waals surface area contributed by atoms with E-state index in [4.69, 9.17) is 10.5 Å². The van der Waals surface area contributed by atoms with E-state index in [0.717, 1.165) is 21.3 Å². The SMILES string of the molecule is COc1ccccc1CNc1ncc(CN)s1. The van der Waals surface area contributed by atoms with Crippen LogP contribution in [0.2, 0.25) is 0 Å². The molecule has 1 aromatic heterocycles. The van der Waals surface area contributed by atoms with Gasteiger partial charge in [-0.05, 0) is 6.07 Å². The number of nitrogens with one attached hydrogen (secondary N) is 1. The molecule has 2 aromatic rings. The smallest absolute Gasteiger partial charge is 0.183 e. The minimum Gasteiger partial charge on any atom is -0.496 e. The van der Waals surface area contributed by atoms with Gasteiger partial charge in [0.15, 0.2) is 5.13 Å². The van der Waals surface area contributed by atoms with Gasteiger partial charge in [0.2, 0.25) is 0 Å². The molecule has 0 atom stereocenters. The van der Waals surface area contributed by atoms with E-state index in [-0.39, 0.29) is 0 Å². The lowest BCUT2D eigenvalue weighted by Gasteiger charge is -2.08. The summed E-state index contributed by atoms with van der Waals surface area (Å²) < 4.78 is 5.28. The van der Waals surface area contributed by atoms with Gasteiger partial charge >= 0.3 is 0 Å². The first-order chi connectivity index (χ1) is 8.33. The predicted octanol–water partition coefficient (Wildman–Crippen LogP) is 2.22.